The van der Waals surface area contributed by atoms with Crippen molar-refractivity contribution in [2.24, 2.45) is 5.92 Å². The molecule has 0 aliphatic heterocycles. The summed E-state index contributed by atoms with van der Waals surface area (Å²) in [6, 6.07) is 28.7. The van der Waals surface area contributed by atoms with Crippen molar-refractivity contribution in [2.75, 3.05) is 5.32 Å². The molecule has 0 spiro atoms. The molecule has 0 aliphatic rings. The molecule has 0 bridgehead atoms. The molecule has 0 aliphatic carbocycles. The Bertz CT molecular complexity index is 1710. The van der Waals surface area contributed by atoms with Crippen molar-refractivity contribution in [3.63, 3.8) is 0 Å². The summed E-state index contributed by atoms with van der Waals surface area (Å²) in [6.07, 6.45) is 3.13. The predicted molar refractivity (Wildman–Crippen MR) is 167 cm³/mol. The summed E-state index contributed by atoms with van der Waals surface area (Å²) in [5.41, 5.74) is 7.93. The molecule has 3 aromatic carbocycles. The van der Waals surface area contributed by atoms with Crippen molar-refractivity contribution in [2.45, 2.75) is 47.0 Å². The minimum atomic E-state index is -0.251. The molecule has 5 heteroatoms. The van der Waals surface area contributed by atoms with Crippen LogP contribution in [0.3, 0.4) is 0 Å². The molecule has 0 saturated carbocycles. The SMILES string of the molecule is CCCc1ccc(-c2c(C)sc(NC(=O)c3cc(-c4ccc(CC(C)C)cc4)nc4ccccc34)c2C#N)cc1. The first kappa shape index (κ1) is 27.3. The van der Waals surface area contributed by atoms with Crippen LogP contribution in [0.1, 0.15) is 59.1 Å². The predicted octanol–water partition coefficient (Wildman–Crippen LogP) is 9.21. The summed E-state index contributed by atoms with van der Waals surface area (Å²) in [5, 5.41) is 14.5. The third-order valence-electron chi connectivity index (χ3n) is 7.06. The maximum atomic E-state index is 13.8. The number of benzene rings is 3. The fourth-order valence-corrected chi connectivity index (χ4v) is 6.20. The third-order valence-corrected chi connectivity index (χ3v) is 8.08. The zero-order valence-electron chi connectivity index (χ0n) is 23.4. The van der Waals surface area contributed by atoms with Gasteiger partial charge in [-0.25, -0.2) is 4.98 Å². The topological polar surface area (TPSA) is 65.8 Å². The number of amides is 1. The van der Waals surface area contributed by atoms with Crippen LogP contribution in [0.25, 0.3) is 33.3 Å². The number of hydrogen-bond donors (Lipinski definition) is 1. The fraction of sp³-hybridized carbons (Fsp3) is 0.229. The summed E-state index contributed by atoms with van der Waals surface area (Å²) < 4.78 is 0. The van der Waals surface area contributed by atoms with Gasteiger partial charge < -0.3 is 5.32 Å². The molecule has 0 unspecified atom stereocenters. The number of para-hydroxylation sites is 1. The minimum Gasteiger partial charge on any atom is -0.312 e. The molecule has 40 heavy (non-hydrogen) atoms. The lowest BCUT2D eigenvalue weighted by Gasteiger charge is -2.11. The van der Waals surface area contributed by atoms with Crippen molar-refractivity contribution in [3.05, 3.63) is 106 Å². The molecule has 2 heterocycles. The van der Waals surface area contributed by atoms with Gasteiger partial charge >= 0.3 is 0 Å². The van der Waals surface area contributed by atoms with Gasteiger partial charge in [-0.1, -0.05) is 93.9 Å². The molecular weight excluding hydrogens is 510 g/mol. The molecule has 2 aromatic heterocycles. The van der Waals surface area contributed by atoms with E-state index >= 15 is 0 Å². The van der Waals surface area contributed by atoms with E-state index in [1.54, 1.807) is 0 Å². The van der Waals surface area contributed by atoms with Gasteiger partial charge in [0.15, 0.2) is 0 Å². The van der Waals surface area contributed by atoms with Gasteiger partial charge in [0.1, 0.15) is 11.1 Å². The van der Waals surface area contributed by atoms with Gasteiger partial charge in [0.25, 0.3) is 5.91 Å². The second kappa shape index (κ2) is 11.9. The minimum absolute atomic E-state index is 0.251. The van der Waals surface area contributed by atoms with Crippen molar-refractivity contribution in [3.8, 4) is 28.5 Å². The zero-order valence-corrected chi connectivity index (χ0v) is 24.2. The molecular formula is C35H33N3OS. The third kappa shape index (κ3) is 5.68. The number of aryl methyl sites for hydroxylation is 2. The van der Waals surface area contributed by atoms with Gasteiger partial charge in [-0.05, 0) is 54.5 Å². The number of nitriles is 1. The Balaban J connectivity index is 1.50. The second-order valence-electron chi connectivity index (χ2n) is 10.6. The average Bonchev–Trinajstić information content (AvgIpc) is 3.27. The van der Waals surface area contributed by atoms with Crippen LogP contribution in [0, 0.1) is 24.2 Å². The first-order valence-electron chi connectivity index (χ1n) is 13.8. The van der Waals surface area contributed by atoms with Gasteiger partial charge in [0.05, 0.1) is 22.3 Å². The number of thiophene rings is 1. The van der Waals surface area contributed by atoms with Gasteiger partial charge in [0.2, 0.25) is 0 Å². The van der Waals surface area contributed by atoms with Crippen molar-refractivity contribution in [1.29, 1.82) is 5.26 Å². The average molecular weight is 544 g/mol. The monoisotopic (exact) mass is 543 g/mol. The number of fused-ring (bicyclic) bond motifs is 1. The maximum absolute atomic E-state index is 13.8. The lowest BCUT2D eigenvalue weighted by molar-refractivity contribution is 0.102. The molecule has 4 nitrogen and oxygen atoms in total. The normalized spacial score (nSPS) is 11.1. The number of hydrogen-bond acceptors (Lipinski definition) is 4. The number of nitrogens with zero attached hydrogens (tertiary/aromatic N) is 2. The molecule has 0 saturated heterocycles. The Morgan fingerprint density at radius 2 is 1.65 bits per heavy atom. The van der Waals surface area contributed by atoms with E-state index in [2.05, 4.69) is 80.7 Å². The van der Waals surface area contributed by atoms with Crippen LogP contribution in [-0.2, 0) is 12.8 Å². The van der Waals surface area contributed by atoms with Crippen molar-refractivity contribution >= 4 is 33.1 Å². The van der Waals surface area contributed by atoms with Crippen LogP contribution in [0.5, 0.6) is 0 Å². The van der Waals surface area contributed by atoms with E-state index in [-0.39, 0.29) is 5.91 Å². The van der Waals surface area contributed by atoms with E-state index in [1.807, 2.05) is 37.3 Å². The number of carbonyl (C=O) groups excluding carboxylic acids is 1. The Hall–Kier alpha value is -4.27. The lowest BCUT2D eigenvalue weighted by Crippen LogP contribution is -2.13. The van der Waals surface area contributed by atoms with Crippen LogP contribution in [0.4, 0.5) is 5.00 Å². The zero-order chi connectivity index (χ0) is 28.2. The van der Waals surface area contributed by atoms with Gasteiger partial charge in [-0.2, -0.15) is 5.26 Å². The Kier molecular flexibility index (Phi) is 8.09. The Morgan fingerprint density at radius 3 is 2.33 bits per heavy atom. The molecule has 1 amide bonds. The van der Waals surface area contributed by atoms with Crippen LogP contribution < -0.4 is 5.32 Å². The van der Waals surface area contributed by atoms with Crippen molar-refractivity contribution in [1.82, 2.24) is 4.98 Å². The number of carbonyl (C=O) groups is 1. The van der Waals surface area contributed by atoms with Crippen molar-refractivity contribution < 1.29 is 4.79 Å². The molecule has 1 N–H and O–H groups in total. The Morgan fingerprint density at radius 1 is 0.975 bits per heavy atom. The van der Waals surface area contributed by atoms with E-state index in [0.29, 0.717) is 22.0 Å². The largest absolute Gasteiger partial charge is 0.312 e. The maximum Gasteiger partial charge on any atom is 0.257 e. The number of rotatable bonds is 8. The molecule has 5 rings (SSSR count). The van der Waals surface area contributed by atoms with Gasteiger partial charge in [0, 0.05) is 21.4 Å². The highest BCUT2D eigenvalue weighted by molar-refractivity contribution is 7.17. The number of anilines is 1. The summed E-state index contributed by atoms with van der Waals surface area (Å²) in [4.78, 5) is 19.7. The van der Waals surface area contributed by atoms with Crippen LogP contribution >= 0.6 is 11.3 Å². The fourth-order valence-electron chi connectivity index (χ4n) is 5.18. The summed E-state index contributed by atoms with van der Waals surface area (Å²) in [5.74, 6) is 0.332. The smallest absolute Gasteiger partial charge is 0.257 e. The number of pyridine rings is 1. The molecule has 5 aromatic rings. The first-order chi connectivity index (χ1) is 19.4. The lowest BCUT2D eigenvalue weighted by atomic mass is 9.99. The van der Waals surface area contributed by atoms with E-state index in [9.17, 15) is 10.1 Å². The number of nitrogens with one attached hydrogen (secondary N) is 1. The standard InChI is InChI=1S/C35H33N3OS/c1-5-8-24-11-17-27(18-12-24)33-23(4)40-35(30(33)21-36)38-34(39)29-20-32(37-31-10-7-6-9-28(29)31)26-15-13-25(14-16-26)19-22(2)3/h6-7,9-18,20,22H,5,8,19H2,1-4H3,(H,38,39). The molecule has 0 fully saturated rings. The summed E-state index contributed by atoms with van der Waals surface area (Å²) in [6.45, 7) is 8.59. The summed E-state index contributed by atoms with van der Waals surface area (Å²) in [7, 11) is 0. The van der Waals surface area contributed by atoms with E-state index in [0.717, 1.165) is 57.4 Å². The van der Waals surface area contributed by atoms with Crippen LogP contribution in [0.15, 0.2) is 78.9 Å². The quantitative estimate of drug-likeness (QED) is 0.212. The second-order valence-corrected chi connectivity index (χ2v) is 11.8. The Labute approximate surface area is 240 Å². The van der Waals surface area contributed by atoms with Gasteiger partial charge in [-0.3, -0.25) is 4.79 Å². The summed E-state index contributed by atoms with van der Waals surface area (Å²) >= 11 is 1.44. The van der Waals surface area contributed by atoms with Crippen LogP contribution in [-0.4, -0.2) is 10.9 Å². The highest BCUT2D eigenvalue weighted by Crippen LogP contribution is 2.40. The molecule has 200 valence electrons. The number of aromatic nitrogens is 1. The first-order valence-corrected chi connectivity index (χ1v) is 14.6. The highest BCUT2D eigenvalue weighted by atomic mass is 32.1. The molecule has 0 atom stereocenters. The molecule has 0 radical (unpaired) electrons. The van der Waals surface area contributed by atoms with E-state index in [1.165, 1.54) is 22.5 Å². The van der Waals surface area contributed by atoms with Crippen LogP contribution in [0.2, 0.25) is 0 Å². The highest BCUT2D eigenvalue weighted by Gasteiger charge is 2.21. The van der Waals surface area contributed by atoms with E-state index in [4.69, 9.17) is 4.98 Å². The van der Waals surface area contributed by atoms with Gasteiger partial charge in [-0.15, -0.1) is 11.3 Å². The van der Waals surface area contributed by atoms with E-state index < -0.39 is 0 Å².